The summed E-state index contributed by atoms with van der Waals surface area (Å²) in [5.41, 5.74) is 0.869. The third-order valence-corrected chi connectivity index (χ3v) is 4.04. The van der Waals surface area contributed by atoms with Gasteiger partial charge in [0.15, 0.2) is 0 Å². The average Bonchev–Trinajstić information content (AvgIpc) is 2.43. The summed E-state index contributed by atoms with van der Waals surface area (Å²) in [6, 6.07) is 4.59. The van der Waals surface area contributed by atoms with Gasteiger partial charge in [-0.1, -0.05) is 12.1 Å². The Morgan fingerprint density at radius 3 is 2.68 bits per heavy atom. The smallest absolute Gasteiger partial charge is 0.305 e. The van der Waals surface area contributed by atoms with Crippen molar-refractivity contribution in [1.82, 2.24) is 0 Å². The lowest BCUT2D eigenvalue weighted by atomic mass is 9.88. The van der Waals surface area contributed by atoms with E-state index in [-0.39, 0.29) is 35.5 Å². The van der Waals surface area contributed by atoms with E-state index in [2.05, 4.69) is 0 Å². The number of rotatable bonds is 2. The van der Waals surface area contributed by atoms with Crippen LogP contribution in [0, 0.1) is 0 Å². The van der Waals surface area contributed by atoms with Crippen LogP contribution < -0.4 is 0 Å². The third kappa shape index (κ3) is 2.12. The molecule has 0 fully saturated rings. The minimum Gasteiger partial charge on any atom is -0.507 e. The predicted molar refractivity (Wildman–Crippen MR) is 78.2 cm³/mol. The third-order valence-electron chi connectivity index (χ3n) is 4.04. The molecular weight excluding hydrogens is 288 g/mol. The largest absolute Gasteiger partial charge is 0.507 e. The second-order valence-corrected chi connectivity index (χ2v) is 5.49. The number of carbonyl (C=O) groups is 1. The molecule has 6 nitrogen and oxygen atoms in total. The molecule has 0 unspecified atom stereocenters. The molecule has 0 saturated carbocycles. The monoisotopic (exact) mass is 304 g/mol. The molecule has 0 aromatic heterocycles. The van der Waals surface area contributed by atoms with Crippen molar-refractivity contribution in [3.63, 3.8) is 0 Å². The number of hydrogen-bond acceptors (Lipinski definition) is 5. The first-order valence-corrected chi connectivity index (χ1v) is 6.95. The Bertz CT molecular complexity index is 767. The van der Waals surface area contributed by atoms with Crippen molar-refractivity contribution in [2.45, 2.75) is 32.0 Å². The van der Waals surface area contributed by atoms with Crippen LogP contribution in [-0.4, -0.2) is 32.5 Å². The summed E-state index contributed by atoms with van der Waals surface area (Å²) < 4.78 is 5.61. The Morgan fingerprint density at radius 2 is 2.00 bits per heavy atom. The summed E-state index contributed by atoms with van der Waals surface area (Å²) in [6.45, 7) is 1.68. The minimum absolute atomic E-state index is 0.0516. The minimum atomic E-state index is -0.984. The molecule has 2 aromatic carbocycles. The van der Waals surface area contributed by atoms with Gasteiger partial charge in [-0.3, -0.25) is 4.79 Å². The molecule has 2 aromatic rings. The van der Waals surface area contributed by atoms with Crippen molar-refractivity contribution in [2.24, 2.45) is 0 Å². The van der Waals surface area contributed by atoms with Crippen LogP contribution in [0.3, 0.4) is 0 Å². The van der Waals surface area contributed by atoms with Crippen molar-refractivity contribution >= 4 is 16.7 Å². The van der Waals surface area contributed by atoms with Gasteiger partial charge >= 0.3 is 5.97 Å². The molecule has 4 N–H and O–H groups in total. The van der Waals surface area contributed by atoms with Crippen molar-refractivity contribution < 1.29 is 30.0 Å². The van der Waals surface area contributed by atoms with E-state index >= 15 is 0 Å². The van der Waals surface area contributed by atoms with Crippen molar-refractivity contribution in [3.05, 3.63) is 29.3 Å². The first kappa shape index (κ1) is 14.5. The van der Waals surface area contributed by atoms with Crippen LogP contribution in [0.25, 0.3) is 10.8 Å². The summed E-state index contributed by atoms with van der Waals surface area (Å²) >= 11 is 0. The Balaban J connectivity index is 2.23. The Kier molecular flexibility index (Phi) is 3.33. The lowest BCUT2D eigenvalue weighted by Gasteiger charge is -2.31. The second-order valence-electron chi connectivity index (χ2n) is 5.49. The SMILES string of the molecule is C[C@@H]1O[C@@H](CC(=O)O)Cc2c1c(O)c1c(O)cccc1c2O. The Hall–Kier alpha value is -2.47. The van der Waals surface area contributed by atoms with E-state index in [1.54, 1.807) is 19.1 Å². The van der Waals surface area contributed by atoms with Gasteiger partial charge in [-0.2, -0.15) is 0 Å². The fraction of sp³-hybridized carbons (Fsp3) is 0.312. The average molecular weight is 304 g/mol. The number of aromatic hydroxyl groups is 3. The molecule has 0 radical (unpaired) electrons. The molecule has 6 heteroatoms. The van der Waals surface area contributed by atoms with Gasteiger partial charge < -0.3 is 25.2 Å². The van der Waals surface area contributed by atoms with Gasteiger partial charge in [0.25, 0.3) is 0 Å². The van der Waals surface area contributed by atoms with Gasteiger partial charge in [0.05, 0.1) is 24.0 Å². The Morgan fingerprint density at radius 1 is 1.27 bits per heavy atom. The van der Waals surface area contributed by atoms with Gasteiger partial charge in [0.2, 0.25) is 0 Å². The van der Waals surface area contributed by atoms with E-state index in [0.717, 1.165) is 0 Å². The molecule has 116 valence electrons. The molecular formula is C16H16O6. The van der Waals surface area contributed by atoms with Crippen LogP contribution in [0.4, 0.5) is 0 Å². The van der Waals surface area contributed by atoms with Crippen LogP contribution in [0.15, 0.2) is 18.2 Å². The molecule has 3 rings (SSSR count). The molecule has 0 bridgehead atoms. The van der Waals surface area contributed by atoms with E-state index in [1.807, 2.05) is 0 Å². The zero-order valence-electron chi connectivity index (χ0n) is 11.9. The van der Waals surface area contributed by atoms with Crippen LogP contribution in [-0.2, 0) is 16.0 Å². The maximum absolute atomic E-state index is 10.9. The summed E-state index contributed by atoms with van der Waals surface area (Å²) in [5, 5.41) is 40.3. The zero-order valence-corrected chi connectivity index (χ0v) is 11.9. The number of carboxylic acids is 1. The number of hydrogen-bond donors (Lipinski definition) is 4. The number of phenolic OH excluding ortho intramolecular Hbond substituents is 3. The van der Waals surface area contributed by atoms with Gasteiger partial charge in [-0.05, 0) is 13.0 Å². The van der Waals surface area contributed by atoms with Gasteiger partial charge in [0.1, 0.15) is 17.2 Å². The van der Waals surface area contributed by atoms with Crippen LogP contribution in [0.2, 0.25) is 0 Å². The van der Waals surface area contributed by atoms with Gasteiger partial charge in [-0.15, -0.1) is 0 Å². The molecule has 2 atom stereocenters. The van der Waals surface area contributed by atoms with E-state index < -0.39 is 18.2 Å². The first-order chi connectivity index (χ1) is 10.4. The lowest BCUT2D eigenvalue weighted by molar-refractivity contribution is -0.141. The first-order valence-electron chi connectivity index (χ1n) is 6.95. The molecule has 0 saturated heterocycles. The highest BCUT2D eigenvalue weighted by atomic mass is 16.5. The summed E-state index contributed by atoms with van der Waals surface area (Å²) in [5.74, 6) is -1.30. The van der Waals surface area contributed by atoms with Gasteiger partial charge in [0, 0.05) is 22.9 Å². The van der Waals surface area contributed by atoms with Crippen molar-refractivity contribution in [1.29, 1.82) is 0 Å². The van der Waals surface area contributed by atoms with Crippen LogP contribution >= 0.6 is 0 Å². The maximum Gasteiger partial charge on any atom is 0.305 e. The molecule has 1 aliphatic rings. The summed E-state index contributed by atoms with van der Waals surface area (Å²) in [4.78, 5) is 10.9. The highest BCUT2D eigenvalue weighted by Gasteiger charge is 2.33. The number of carboxylic acid groups (broad SMARTS) is 1. The highest BCUT2D eigenvalue weighted by molar-refractivity contribution is 5.99. The molecule has 0 aliphatic carbocycles. The quantitative estimate of drug-likeness (QED) is 0.635. The van der Waals surface area contributed by atoms with E-state index in [1.165, 1.54) is 6.07 Å². The van der Waals surface area contributed by atoms with Crippen molar-refractivity contribution in [3.8, 4) is 17.2 Å². The van der Waals surface area contributed by atoms with Crippen LogP contribution in [0.5, 0.6) is 17.2 Å². The Labute approximate surface area is 126 Å². The van der Waals surface area contributed by atoms with E-state index in [0.29, 0.717) is 16.5 Å². The van der Waals surface area contributed by atoms with Crippen LogP contribution in [0.1, 0.15) is 30.6 Å². The lowest BCUT2D eigenvalue weighted by Crippen LogP contribution is -2.27. The summed E-state index contributed by atoms with van der Waals surface area (Å²) in [6.07, 6.45) is -1.14. The molecule has 1 heterocycles. The molecule has 22 heavy (non-hydrogen) atoms. The number of aliphatic carboxylic acids is 1. The van der Waals surface area contributed by atoms with E-state index in [4.69, 9.17) is 9.84 Å². The number of benzene rings is 2. The molecule has 1 aliphatic heterocycles. The molecule has 0 spiro atoms. The fourth-order valence-corrected chi connectivity index (χ4v) is 3.15. The van der Waals surface area contributed by atoms with Crippen molar-refractivity contribution in [2.75, 3.05) is 0 Å². The predicted octanol–water partition coefficient (Wildman–Crippen LogP) is 2.43. The van der Waals surface area contributed by atoms with Gasteiger partial charge in [-0.25, -0.2) is 0 Å². The standard InChI is InChI=1S/C16H16O6/c1-7-13-10(5-8(22-7)6-12(18)19)15(20)9-3-2-4-11(17)14(9)16(13)21/h2-4,7-8,17,20-21H,5-6H2,1H3,(H,18,19)/t7-,8+/m0/s1. The van der Waals surface area contributed by atoms with E-state index in [9.17, 15) is 20.1 Å². The normalized spacial score (nSPS) is 20.8. The topological polar surface area (TPSA) is 107 Å². The second kappa shape index (κ2) is 5.06. The maximum atomic E-state index is 10.9. The fourth-order valence-electron chi connectivity index (χ4n) is 3.15. The molecule has 0 amide bonds. The number of ether oxygens (including phenoxy) is 1. The summed E-state index contributed by atoms with van der Waals surface area (Å²) in [7, 11) is 0. The number of phenols is 3. The number of fused-ring (bicyclic) bond motifs is 2. The highest BCUT2D eigenvalue weighted by Crippen LogP contribution is 2.49. The zero-order chi connectivity index (χ0) is 16.0.